The predicted molar refractivity (Wildman–Crippen MR) is 101 cm³/mol. The van der Waals surface area contributed by atoms with E-state index in [4.69, 9.17) is 14.2 Å². The zero-order valence-corrected chi connectivity index (χ0v) is 15.7. The average molecular weight is 372 g/mol. The number of hydrazine groups is 1. The Bertz CT molecular complexity index is 761. The van der Waals surface area contributed by atoms with Gasteiger partial charge in [0.25, 0.3) is 5.91 Å². The standard InChI is InChI=1S/C20H24N2O5/c1-4-26-16-9-11-17(12-10-16)27-14(2)20(24)22-21-19(23)13-15-7-5-6-8-18(15)25-3/h5-12,14H,4,13H2,1-3H3,(H,21,23)(H,22,24)/t14-/m0/s1. The van der Waals surface area contributed by atoms with E-state index in [9.17, 15) is 9.59 Å². The van der Waals surface area contributed by atoms with E-state index in [1.54, 1.807) is 50.4 Å². The van der Waals surface area contributed by atoms with E-state index in [2.05, 4.69) is 10.9 Å². The fourth-order valence-corrected chi connectivity index (χ4v) is 2.34. The molecule has 2 rings (SSSR count). The summed E-state index contributed by atoms with van der Waals surface area (Å²) in [5, 5.41) is 0. The first-order valence-electron chi connectivity index (χ1n) is 8.63. The van der Waals surface area contributed by atoms with E-state index in [1.807, 2.05) is 19.1 Å². The summed E-state index contributed by atoms with van der Waals surface area (Å²) in [7, 11) is 1.54. The number of para-hydroxylation sites is 1. The Kier molecular flexibility index (Phi) is 7.49. The van der Waals surface area contributed by atoms with Crippen LogP contribution in [0.5, 0.6) is 17.2 Å². The van der Waals surface area contributed by atoms with Crippen molar-refractivity contribution in [1.29, 1.82) is 0 Å². The minimum atomic E-state index is -0.783. The minimum Gasteiger partial charge on any atom is -0.496 e. The van der Waals surface area contributed by atoms with Crippen molar-refractivity contribution < 1.29 is 23.8 Å². The highest BCUT2D eigenvalue weighted by Crippen LogP contribution is 2.19. The van der Waals surface area contributed by atoms with Gasteiger partial charge in [-0.25, -0.2) is 0 Å². The van der Waals surface area contributed by atoms with Crippen molar-refractivity contribution in [3.05, 3.63) is 54.1 Å². The van der Waals surface area contributed by atoms with E-state index in [0.29, 0.717) is 18.1 Å². The van der Waals surface area contributed by atoms with Gasteiger partial charge in [0.1, 0.15) is 17.2 Å². The number of hydrogen-bond donors (Lipinski definition) is 2. The zero-order valence-electron chi connectivity index (χ0n) is 15.7. The SMILES string of the molecule is CCOc1ccc(O[C@@H](C)C(=O)NNC(=O)Cc2ccccc2OC)cc1. The summed E-state index contributed by atoms with van der Waals surface area (Å²) in [6, 6.07) is 14.2. The molecule has 0 aliphatic rings. The van der Waals surface area contributed by atoms with Gasteiger partial charge in [0.2, 0.25) is 5.91 Å². The number of carbonyl (C=O) groups is 2. The molecule has 0 aliphatic heterocycles. The smallest absolute Gasteiger partial charge is 0.279 e. The molecule has 0 radical (unpaired) electrons. The van der Waals surface area contributed by atoms with E-state index in [1.165, 1.54) is 0 Å². The van der Waals surface area contributed by atoms with Crippen LogP contribution in [0.3, 0.4) is 0 Å². The van der Waals surface area contributed by atoms with Crippen molar-refractivity contribution in [2.45, 2.75) is 26.4 Å². The highest BCUT2D eigenvalue weighted by Gasteiger charge is 2.16. The van der Waals surface area contributed by atoms with Gasteiger partial charge < -0.3 is 14.2 Å². The minimum absolute atomic E-state index is 0.0818. The number of nitrogens with one attached hydrogen (secondary N) is 2. The summed E-state index contributed by atoms with van der Waals surface area (Å²) in [6.45, 7) is 4.07. The molecule has 0 spiro atoms. The second-order valence-corrected chi connectivity index (χ2v) is 5.69. The number of rotatable bonds is 8. The number of hydrogen-bond acceptors (Lipinski definition) is 5. The highest BCUT2D eigenvalue weighted by molar-refractivity contribution is 5.85. The van der Waals surface area contributed by atoms with Gasteiger partial charge in [-0.05, 0) is 44.2 Å². The topological polar surface area (TPSA) is 85.9 Å². The molecule has 27 heavy (non-hydrogen) atoms. The van der Waals surface area contributed by atoms with Gasteiger partial charge in [0.15, 0.2) is 6.10 Å². The van der Waals surface area contributed by atoms with Crippen molar-refractivity contribution in [2.24, 2.45) is 0 Å². The van der Waals surface area contributed by atoms with Gasteiger partial charge in [-0.3, -0.25) is 20.4 Å². The van der Waals surface area contributed by atoms with Crippen LogP contribution in [-0.2, 0) is 16.0 Å². The van der Waals surface area contributed by atoms with Crippen molar-refractivity contribution in [2.75, 3.05) is 13.7 Å². The second kappa shape index (κ2) is 10.1. The van der Waals surface area contributed by atoms with Crippen LogP contribution in [0, 0.1) is 0 Å². The van der Waals surface area contributed by atoms with Crippen LogP contribution < -0.4 is 25.1 Å². The van der Waals surface area contributed by atoms with Crippen LogP contribution in [0.2, 0.25) is 0 Å². The molecule has 7 nitrogen and oxygen atoms in total. The molecule has 0 saturated heterocycles. The normalized spacial score (nSPS) is 11.2. The number of amides is 2. The van der Waals surface area contributed by atoms with Crippen molar-refractivity contribution in [3.63, 3.8) is 0 Å². The summed E-state index contributed by atoms with van der Waals surface area (Å²) < 4.78 is 16.1. The molecule has 2 aromatic carbocycles. The third-order valence-electron chi connectivity index (χ3n) is 3.69. The molecule has 0 aromatic heterocycles. The maximum Gasteiger partial charge on any atom is 0.279 e. The van der Waals surface area contributed by atoms with Crippen LogP contribution in [0.1, 0.15) is 19.4 Å². The molecule has 2 aromatic rings. The van der Waals surface area contributed by atoms with Crippen molar-refractivity contribution in [1.82, 2.24) is 10.9 Å². The van der Waals surface area contributed by atoms with E-state index < -0.39 is 12.0 Å². The lowest BCUT2D eigenvalue weighted by atomic mass is 10.1. The zero-order chi connectivity index (χ0) is 19.6. The third kappa shape index (κ3) is 6.22. The van der Waals surface area contributed by atoms with Crippen LogP contribution in [0.15, 0.2) is 48.5 Å². The number of benzene rings is 2. The number of carbonyl (C=O) groups excluding carboxylic acids is 2. The maximum atomic E-state index is 12.1. The van der Waals surface area contributed by atoms with Crippen molar-refractivity contribution in [3.8, 4) is 17.2 Å². The Hall–Kier alpha value is -3.22. The van der Waals surface area contributed by atoms with E-state index in [-0.39, 0.29) is 12.3 Å². The Labute approximate surface area is 158 Å². The molecule has 0 unspecified atom stereocenters. The monoisotopic (exact) mass is 372 g/mol. The van der Waals surface area contributed by atoms with Gasteiger partial charge in [0.05, 0.1) is 20.1 Å². The molecule has 0 saturated carbocycles. The van der Waals surface area contributed by atoms with Gasteiger partial charge in [-0.2, -0.15) is 0 Å². The van der Waals surface area contributed by atoms with Gasteiger partial charge in [0, 0.05) is 5.56 Å². The van der Waals surface area contributed by atoms with Crippen LogP contribution in [0.25, 0.3) is 0 Å². The highest BCUT2D eigenvalue weighted by atomic mass is 16.5. The maximum absolute atomic E-state index is 12.1. The lowest BCUT2D eigenvalue weighted by Gasteiger charge is -2.15. The molecule has 0 fully saturated rings. The first kappa shape index (κ1) is 20.1. The first-order chi connectivity index (χ1) is 13.0. The van der Waals surface area contributed by atoms with Crippen LogP contribution >= 0.6 is 0 Å². The fourth-order valence-electron chi connectivity index (χ4n) is 2.34. The molecule has 0 bridgehead atoms. The number of ether oxygens (including phenoxy) is 3. The Morgan fingerprint density at radius 1 is 1.00 bits per heavy atom. The van der Waals surface area contributed by atoms with E-state index in [0.717, 1.165) is 11.3 Å². The molecule has 2 N–H and O–H groups in total. The van der Waals surface area contributed by atoms with Gasteiger partial charge in [-0.1, -0.05) is 18.2 Å². The van der Waals surface area contributed by atoms with Crippen molar-refractivity contribution >= 4 is 11.8 Å². The summed E-state index contributed by atoms with van der Waals surface area (Å²) in [4.78, 5) is 24.1. The lowest BCUT2D eigenvalue weighted by Crippen LogP contribution is -2.47. The molecule has 0 heterocycles. The number of methoxy groups -OCH3 is 1. The predicted octanol–water partition coefficient (Wildman–Crippen LogP) is 2.25. The largest absolute Gasteiger partial charge is 0.496 e. The molecule has 144 valence electrons. The Morgan fingerprint density at radius 3 is 2.33 bits per heavy atom. The fraction of sp³-hybridized carbons (Fsp3) is 0.300. The average Bonchev–Trinajstić information content (AvgIpc) is 2.68. The van der Waals surface area contributed by atoms with Gasteiger partial charge >= 0.3 is 0 Å². The molecular formula is C20H24N2O5. The van der Waals surface area contributed by atoms with Crippen LogP contribution in [-0.4, -0.2) is 31.6 Å². The second-order valence-electron chi connectivity index (χ2n) is 5.69. The molecule has 7 heteroatoms. The Morgan fingerprint density at radius 2 is 1.67 bits per heavy atom. The summed E-state index contributed by atoms with van der Waals surface area (Å²) in [6.07, 6.45) is -0.701. The molecule has 1 atom stereocenters. The first-order valence-corrected chi connectivity index (χ1v) is 8.63. The third-order valence-corrected chi connectivity index (χ3v) is 3.69. The molecule has 0 aliphatic carbocycles. The summed E-state index contributed by atoms with van der Waals surface area (Å²) in [5.74, 6) is 1.05. The Balaban J connectivity index is 1.81. The molecule has 2 amide bonds. The van der Waals surface area contributed by atoms with E-state index >= 15 is 0 Å². The quantitative estimate of drug-likeness (QED) is 0.694. The van der Waals surface area contributed by atoms with Gasteiger partial charge in [-0.15, -0.1) is 0 Å². The summed E-state index contributed by atoms with van der Waals surface area (Å²) in [5.41, 5.74) is 5.47. The summed E-state index contributed by atoms with van der Waals surface area (Å²) >= 11 is 0. The lowest BCUT2D eigenvalue weighted by molar-refractivity contribution is -0.132. The molecular weight excluding hydrogens is 348 g/mol. The van der Waals surface area contributed by atoms with Crippen LogP contribution in [0.4, 0.5) is 0 Å².